The fraction of sp³-hybridized carbons (Fsp3) is 0.289. The molecule has 0 spiro atoms. The van der Waals surface area contributed by atoms with Crippen LogP contribution in [0.3, 0.4) is 0 Å². The molecular weight excluding hydrogens is 737 g/mol. The van der Waals surface area contributed by atoms with Gasteiger partial charge in [-0.25, -0.2) is 4.79 Å². The largest absolute Gasteiger partial charge is 0.445 e. The number of fused-ring (bicyclic) bond motifs is 1. The van der Waals surface area contributed by atoms with Crippen LogP contribution in [-0.2, 0) is 54.7 Å². The van der Waals surface area contributed by atoms with Crippen LogP contribution in [0.4, 0.5) is 4.79 Å². The summed E-state index contributed by atoms with van der Waals surface area (Å²) in [4.78, 5) is 80.5. The average molecular weight is 787 g/mol. The van der Waals surface area contributed by atoms with Gasteiger partial charge in [0, 0.05) is 51.5 Å². The highest BCUT2D eigenvalue weighted by molar-refractivity contribution is 5.95. The quantitative estimate of drug-likeness (QED) is 0.0656. The number of likely N-dealkylation sites (N-methyl/N-ethyl adjacent to an activating group) is 1. The van der Waals surface area contributed by atoms with Gasteiger partial charge in [-0.15, -0.1) is 0 Å². The molecule has 13 heteroatoms. The molecule has 0 saturated heterocycles. The van der Waals surface area contributed by atoms with Crippen LogP contribution >= 0.6 is 0 Å². The second-order valence-electron chi connectivity index (χ2n) is 14.1. The van der Waals surface area contributed by atoms with Crippen molar-refractivity contribution >= 4 is 47.0 Å². The third-order valence-corrected chi connectivity index (χ3v) is 9.63. The lowest BCUT2D eigenvalue weighted by Crippen LogP contribution is -2.57. The van der Waals surface area contributed by atoms with Gasteiger partial charge in [0.15, 0.2) is 0 Å². The number of unbranched alkanes of at least 4 members (excludes halogenated alkanes) is 1. The van der Waals surface area contributed by atoms with Crippen LogP contribution in [0.25, 0.3) is 10.9 Å². The molecule has 1 aromatic heterocycles. The number of nitrogens with one attached hydrogen (secondary N) is 4. The Labute approximate surface area is 338 Å². The summed E-state index contributed by atoms with van der Waals surface area (Å²) in [5, 5.41) is 11.9. The predicted octanol–water partition coefficient (Wildman–Crippen LogP) is 4.69. The molecule has 5 rings (SSSR count). The zero-order valence-electron chi connectivity index (χ0n) is 32.8. The number of aromatic nitrogens is 1. The van der Waals surface area contributed by atoms with Crippen molar-refractivity contribution in [3.8, 4) is 0 Å². The number of hydrogen-bond donors (Lipinski definition) is 4. The lowest BCUT2D eigenvalue weighted by molar-refractivity contribution is -0.137. The van der Waals surface area contributed by atoms with Crippen LogP contribution in [0, 0.1) is 0 Å². The fourth-order valence-corrected chi connectivity index (χ4v) is 6.70. The van der Waals surface area contributed by atoms with E-state index in [9.17, 15) is 28.8 Å². The minimum absolute atomic E-state index is 0.0210. The number of benzene rings is 4. The van der Waals surface area contributed by atoms with Gasteiger partial charge in [-0.1, -0.05) is 109 Å². The highest BCUT2D eigenvalue weighted by Gasteiger charge is 2.31. The zero-order chi connectivity index (χ0) is 41.3. The van der Waals surface area contributed by atoms with Gasteiger partial charge in [0.1, 0.15) is 24.7 Å². The number of amides is 5. The highest BCUT2D eigenvalue weighted by Crippen LogP contribution is 2.22. The van der Waals surface area contributed by atoms with Crippen molar-refractivity contribution < 1.29 is 33.5 Å². The molecule has 3 atom stereocenters. The smallest absolute Gasteiger partial charge is 0.407 e. The lowest BCUT2D eigenvalue weighted by atomic mass is 10.0. The van der Waals surface area contributed by atoms with Crippen LogP contribution in [0.15, 0.2) is 121 Å². The number of ether oxygens (including phenoxy) is 1. The summed E-state index contributed by atoms with van der Waals surface area (Å²) in [6.45, 7) is 2.03. The van der Waals surface area contributed by atoms with E-state index in [1.54, 1.807) is 30.3 Å². The molecule has 5 amide bonds. The summed E-state index contributed by atoms with van der Waals surface area (Å²) in [7, 11) is 1.67. The van der Waals surface area contributed by atoms with Crippen molar-refractivity contribution in [2.24, 2.45) is 0 Å². The van der Waals surface area contributed by atoms with Gasteiger partial charge in [0.25, 0.3) is 0 Å². The maximum absolute atomic E-state index is 14.4. The Kier molecular flexibility index (Phi) is 15.7. The number of hydrogen-bond acceptors (Lipinski definition) is 7. The Balaban J connectivity index is 1.32. The molecule has 4 N–H and O–H groups in total. The van der Waals surface area contributed by atoms with Gasteiger partial charge in [0.05, 0.1) is 5.52 Å². The number of nitrogens with zero attached hydrogens (tertiary/aromatic N) is 2. The molecule has 0 fully saturated rings. The van der Waals surface area contributed by atoms with Crippen LogP contribution in [0.2, 0.25) is 0 Å². The first-order chi connectivity index (χ1) is 28.1. The van der Waals surface area contributed by atoms with E-state index in [1.165, 1.54) is 11.5 Å². The molecule has 0 radical (unpaired) electrons. The predicted molar refractivity (Wildman–Crippen MR) is 221 cm³/mol. The Hall–Kier alpha value is -6.76. The van der Waals surface area contributed by atoms with Crippen molar-refractivity contribution in [3.05, 3.63) is 144 Å². The van der Waals surface area contributed by atoms with E-state index >= 15 is 0 Å². The van der Waals surface area contributed by atoms with Gasteiger partial charge in [-0.3, -0.25) is 28.5 Å². The van der Waals surface area contributed by atoms with Crippen LogP contribution in [0.1, 0.15) is 48.4 Å². The Bertz CT molecular complexity index is 2140. The first-order valence-corrected chi connectivity index (χ1v) is 19.3. The van der Waals surface area contributed by atoms with E-state index < -0.39 is 41.9 Å². The number of carbonyl (C=O) groups is 6. The molecular formula is C45H50N6O7. The third-order valence-electron chi connectivity index (χ3n) is 9.63. The number of rotatable bonds is 20. The van der Waals surface area contributed by atoms with E-state index in [2.05, 4.69) is 21.3 Å². The van der Waals surface area contributed by atoms with Crippen molar-refractivity contribution in [2.45, 2.75) is 70.3 Å². The van der Waals surface area contributed by atoms with Gasteiger partial charge >= 0.3 is 6.09 Å². The fourth-order valence-electron chi connectivity index (χ4n) is 6.70. The van der Waals surface area contributed by atoms with Crippen LogP contribution in [0.5, 0.6) is 0 Å². The van der Waals surface area contributed by atoms with E-state index in [0.29, 0.717) is 36.9 Å². The molecule has 0 unspecified atom stereocenters. The number of carbonyl (C=O) groups excluding carboxylic acids is 6. The molecule has 302 valence electrons. The molecule has 1 heterocycles. The molecule has 13 nitrogen and oxygen atoms in total. The van der Waals surface area contributed by atoms with Gasteiger partial charge in [-0.05, 0) is 47.6 Å². The third kappa shape index (κ3) is 12.6. The summed E-state index contributed by atoms with van der Waals surface area (Å²) >= 11 is 0. The Morgan fingerprint density at radius 2 is 1.28 bits per heavy atom. The van der Waals surface area contributed by atoms with E-state index in [-0.39, 0.29) is 38.3 Å². The molecule has 0 aliphatic carbocycles. The number of alkyl carbamates (subject to hydrolysis) is 1. The SMILES string of the molecule is CC(=O)N[C@@H](CCCCNC(=O)OCc1ccccc1)C(=O)N[C@H](Cc1cn(C=O)c2ccccc12)C(=O)N[C@@H](Cc1ccccc1)C(=O)N(C)Cc1ccccc1. The first kappa shape index (κ1) is 42.4. The van der Waals surface area contributed by atoms with Crippen molar-refractivity contribution in [1.82, 2.24) is 30.7 Å². The maximum atomic E-state index is 14.4. The summed E-state index contributed by atoms with van der Waals surface area (Å²) in [6, 6.07) is 32.1. The minimum Gasteiger partial charge on any atom is -0.445 e. The second kappa shape index (κ2) is 21.5. The van der Waals surface area contributed by atoms with Gasteiger partial charge in [-0.2, -0.15) is 0 Å². The maximum Gasteiger partial charge on any atom is 0.407 e. The molecule has 4 aromatic carbocycles. The molecule has 0 bridgehead atoms. The standard InChI is InChI=1S/C45H50N6O7/c1-32(53)47-38(23-14-15-25-46-45(57)58-30-35-20-10-5-11-21-35)42(54)48-39(27-36-29-51(31-52)41-24-13-12-22-37(36)41)43(55)49-40(26-33-16-6-3-7-17-33)44(56)50(2)28-34-18-8-4-9-19-34/h3-13,16-22,24,29,31,38-40H,14-15,23,25-28,30H2,1-2H3,(H,46,57)(H,47,53)(H,48,54)(H,49,55)/t38-,39+,40-/m0/s1. The van der Waals surface area contributed by atoms with Gasteiger partial charge < -0.3 is 30.9 Å². The molecule has 0 saturated carbocycles. The Morgan fingerprint density at radius 3 is 1.93 bits per heavy atom. The van der Waals surface area contributed by atoms with E-state index in [4.69, 9.17) is 4.74 Å². The van der Waals surface area contributed by atoms with E-state index in [1.807, 2.05) is 103 Å². The second-order valence-corrected chi connectivity index (χ2v) is 14.1. The van der Waals surface area contributed by atoms with Crippen molar-refractivity contribution in [3.63, 3.8) is 0 Å². The first-order valence-electron chi connectivity index (χ1n) is 19.3. The highest BCUT2D eigenvalue weighted by atomic mass is 16.5. The summed E-state index contributed by atoms with van der Waals surface area (Å²) in [5.41, 5.74) is 3.86. The van der Waals surface area contributed by atoms with Gasteiger partial charge in [0.2, 0.25) is 30.0 Å². The molecule has 5 aromatic rings. The van der Waals surface area contributed by atoms with Crippen LogP contribution in [-0.4, -0.2) is 77.3 Å². The lowest BCUT2D eigenvalue weighted by Gasteiger charge is -2.28. The number of para-hydroxylation sites is 1. The molecule has 58 heavy (non-hydrogen) atoms. The monoisotopic (exact) mass is 786 g/mol. The van der Waals surface area contributed by atoms with Crippen molar-refractivity contribution in [2.75, 3.05) is 13.6 Å². The normalized spacial score (nSPS) is 12.4. The molecule has 0 aliphatic heterocycles. The van der Waals surface area contributed by atoms with Crippen LogP contribution < -0.4 is 21.3 Å². The summed E-state index contributed by atoms with van der Waals surface area (Å²) < 4.78 is 6.67. The average Bonchev–Trinajstić information content (AvgIpc) is 3.59. The zero-order valence-corrected chi connectivity index (χ0v) is 32.8. The molecule has 0 aliphatic rings. The topological polar surface area (TPSA) is 168 Å². The Morgan fingerprint density at radius 1 is 0.690 bits per heavy atom. The van der Waals surface area contributed by atoms with E-state index in [0.717, 1.165) is 22.1 Å². The van der Waals surface area contributed by atoms with Crippen molar-refractivity contribution in [1.29, 1.82) is 0 Å². The summed E-state index contributed by atoms with van der Waals surface area (Å²) in [6.07, 6.45) is 3.03. The minimum atomic E-state index is -1.21. The summed E-state index contributed by atoms with van der Waals surface area (Å²) in [5.74, 6) is -1.97.